The predicted octanol–water partition coefficient (Wildman–Crippen LogP) is 7.87. The van der Waals surface area contributed by atoms with Crippen molar-refractivity contribution in [2.75, 3.05) is 0 Å². The summed E-state index contributed by atoms with van der Waals surface area (Å²) in [5.74, 6) is 0. The summed E-state index contributed by atoms with van der Waals surface area (Å²) in [5, 5.41) is 0. The fraction of sp³-hybridized carbons (Fsp3) is 0.357. The second kappa shape index (κ2) is 7.07. The molecule has 2 heteroatoms. The molecule has 0 aromatic heterocycles. The molecule has 0 saturated carbocycles. The van der Waals surface area contributed by atoms with Crippen molar-refractivity contribution >= 4 is 21.3 Å². The molecule has 3 aliphatic carbocycles. The maximum atomic E-state index is 2.70. The molecule has 0 fully saturated rings. The zero-order valence-electron chi connectivity index (χ0n) is 19.1. The number of benzene rings is 2. The molecule has 154 valence electrons. The van der Waals surface area contributed by atoms with Crippen LogP contribution in [0.5, 0.6) is 0 Å². The zero-order chi connectivity index (χ0) is 21.1. The first-order valence-electron chi connectivity index (χ1n) is 11.6. The Morgan fingerprint density at radius 2 is 1.57 bits per heavy atom. The monoisotopic (exact) mass is 426 g/mol. The number of hydrogen-bond acceptors (Lipinski definition) is 0. The molecular formula is C28H34Si2. The first-order valence-corrected chi connectivity index (χ1v) is 18.7. The molecule has 2 aromatic carbocycles. The third kappa shape index (κ3) is 2.84. The van der Waals surface area contributed by atoms with Crippen LogP contribution in [0.25, 0.3) is 17.2 Å². The number of aryl methyl sites for hydroxylation is 1. The highest BCUT2D eigenvalue weighted by molar-refractivity contribution is 7.42. The van der Waals surface area contributed by atoms with E-state index in [0.29, 0.717) is 11.1 Å². The van der Waals surface area contributed by atoms with Gasteiger partial charge in [-0.1, -0.05) is 98.5 Å². The van der Waals surface area contributed by atoms with E-state index >= 15 is 0 Å². The highest BCUT2D eigenvalue weighted by Gasteiger charge is 2.52. The Morgan fingerprint density at radius 3 is 2.27 bits per heavy atom. The first kappa shape index (κ1) is 20.0. The van der Waals surface area contributed by atoms with Crippen LogP contribution in [-0.2, 0) is 12.8 Å². The maximum absolute atomic E-state index is 2.70. The molecule has 2 aromatic rings. The van der Waals surface area contributed by atoms with E-state index in [4.69, 9.17) is 0 Å². The molecular weight excluding hydrogens is 392 g/mol. The van der Waals surface area contributed by atoms with Crippen LogP contribution in [0.15, 0.2) is 66.3 Å². The van der Waals surface area contributed by atoms with Crippen LogP contribution in [0.3, 0.4) is 0 Å². The third-order valence-corrected chi connectivity index (χ3v) is 28.0. The lowest BCUT2D eigenvalue weighted by molar-refractivity contribution is 0.911. The van der Waals surface area contributed by atoms with Crippen molar-refractivity contribution in [2.45, 2.75) is 63.5 Å². The lowest BCUT2D eigenvalue weighted by Crippen LogP contribution is -2.60. The van der Waals surface area contributed by atoms with E-state index in [2.05, 4.69) is 99.9 Å². The second-order valence-electron chi connectivity index (χ2n) is 10.7. The molecule has 0 bridgehead atoms. The number of allylic oxidation sites excluding steroid dienone is 5. The Hall–Kier alpha value is -1.91. The number of rotatable bonds is 4. The average molecular weight is 427 g/mol. The first-order chi connectivity index (χ1) is 14.3. The number of fused-ring (bicyclic) bond motifs is 2. The fourth-order valence-corrected chi connectivity index (χ4v) is 17.9. The average Bonchev–Trinajstić information content (AvgIpc) is 3.45. The van der Waals surface area contributed by atoms with Crippen molar-refractivity contribution in [2.24, 2.45) is 0 Å². The van der Waals surface area contributed by atoms with Gasteiger partial charge in [-0.05, 0) is 70.6 Å². The Morgan fingerprint density at radius 1 is 0.867 bits per heavy atom. The van der Waals surface area contributed by atoms with Gasteiger partial charge in [-0.3, -0.25) is 0 Å². The van der Waals surface area contributed by atoms with Gasteiger partial charge < -0.3 is 0 Å². The van der Waals surface area contributed by atoms with Crippen molar-refractivity contribution < 1.29 is 0 Å². The van der Waals surface area contributed by atoms with Crippen LogP contribution < -0.4 is 0 Å². The lowest BCUT2D eigenvalue weighted by Gasteiger charge is -2.46. The minimum atomic E-state index is -1.57. The highest BCUT2D eigenvalue weighted by Crippen LogP contribution is 2.52. The van der Waals surface area contributed by atoms with Crippen molar-refractivity contribution in [3.05, 3.63) is 88.5 Å². The van der Waals surface area contributed by atoms with E-state index in [0.717, 1.165) is 0 Å². The molecule has 0 aliphatic heterocycles. The van der Waals surface area contributed by atoms with Crippen LogP contribution in [0.1, 0.15) is 41.1 Å². The van der Waals surface area contributed by atoms with E-state index in [-0.39, 0.29) is 0 Å². The summed E-state index contributed by atoms with van der Waals surface area (Å²) in [7, 11) is -3.04. The fourth-order valence-electron chi connectivity index (χ4n) is 6.34. The Kier molecular flexibility index (Phi) is 4.72. The molecule has 1 unspecified atom stereocenters. The molecule has 0 saturated heterocycles. The van der Waals surface area contributed by atoms with Crippen LogP contribution >= 0.6 is 0 Å². The van der Waals surface area contributed by atoms with Crippen LogP contribution in [0.4, 0.5) is 0 Å². The maximum Gasteiger partial charge on any atom is 0.0551 e. The van der Waals surface area contributed by atoms with E-state index in [9.17, 15) is 0 Å². The highest BCUT2D eigenvalue weighted by atomic mass is 29.3. The molecule has 5 rings (SSSR count). The van der Waals surface area contributed by atoms with Crippen molar-refractivity contribution in [1.29, 1.82) is 0 Å². The van der Waals surface area contributed by atoms with Gasteiger partial charge in [-0.25, -0.2) is 0 Å². The van der Waals surface area contributed by atoms with Crippen molar-refractivity contribution in [3.8, 4) is 11.1 Å². The zero-order valence-corrected chi connectivity index (χ0v) is 21.1. The van der Waals surface area contributed by atoms with Gasteiger partial charge in [-0.2, -0.15) is 0 Å². The molecule has 0 radical (unpaired) electrons. The summed E-state index contributed by atoms with van der Waals surface area (Å²) < 4.78 is 0. The lowest BCUT2D eigenvalue weighted by atomic mass is 9.89. The van der Waals surface area contributed by atoms with E-state index in [1.807, 2.05) is 0 Å². The molecule has 0 heterocycles. The van der Waals surface area contributed by atoms with E-state index in [1.54, 1.807) is 33.4 Å². The van der Waals surface area contributed by atoms with Gasteiger partial charge in [0.05, 0.1) is 15.2 Å². The largest absolute Gasteiger partial charge is 0.0806 e. The molecule has 0 nitrogen and oxygen atoms in total. The van der Waals surface area contributed by atoms with Gasteiger partial charge >= 0.3 is 0 Å². The van der Waals surface area contributed by atoms with Gasteiger partial charge in [0, 0.05) is 0 Å². The third-order valence-electron chi connectivity index (χ3n) is 8.64. The number of hydrogen-bond donors (Lipinski definition) is 0. The smallest absolute Gasteiger partial charge is 0.0551 e. The summed E-state index contributed by atoms with van der Waals surface area (Å²) in [5.41, 5.74) is 12.4. The van der Waals surface area contributed by atoms with Gasteiger partial charge in [0.2, 0.25) is 0 Å². The second-order valence-corrected chi connectivity index (χ2v) is 26.5. The summed E-state index contributed by atoms with van der Waals surface area (Å²) in [6.45, 7) is 13.2. The minimum absolute atomic E-state index is 0.657. The van der Waals surface area contributed by atoms with Crippen LogP contribution in [0.2, 0.25) is 31.7 Å². The Bertz CT molecular complexity index is 1070. The predicted molar refractivity (Wildman–Crippen MR) is 137 cm³/mol. The van der Waals surface area contributed by atoms with Crippen LogP contribution in [-0.4, -0.2) is 15.2 Å². The van der Waals surface area contributed by atoms with Crippen molar-refractivity contribution in [3.63, 3.8) is 0 Å². The molecule has 1 atom stereocenters. The van der Waals surface area contributed by atoms with Gasteiger partial charge in [0.15, 0.2) is 0 Å². The van der Waals surface area contributed by atoms with Gasteiger partial charge in [0.25, 0.3) is 0 Å². The van der Waals surface area contributed by atoms with Gasteiger partial charge in [-0.15, -0.1) is 0 Å². The normalized spacial score (nSPS) is 20.6. The van der Waals surface area contributed by atoms with Crippen molar-refractivity contribution in [1.82, 2.24) is 0 Å². The summed E-state index contributed by atoms with van der Waals surface area (Å²) in [6.07, 6.45) is 15.9. The molecule has 0 N–H and O–H groups in total. The Balaban J connectivity index is 1.69. The quantitative estimate of drug-likeness (QED) is 0.436. The standard InChI is InChI=1S/C28H34Si2/c1-20-18-25-26(28(20)30(4,5)29(2,3)23-15-9-10-16-23)19-22-14-11-17-24(22)27(25)21-12-7-6-8-13-21/h6-10,12-13,15-16,18-19,23,28H,11,14,17H2,1-5H3. The van der Waals surface area contributed by atoms with E-state index < -0.39 is 15.2 Å². The SMILES string of the molecule is CC1=Cc2c(cc3c(c2-c2ccccc2)CCC3)C1[Si](C)(C)[Si](C)(C)C1C=CC=C1. The summed E-state index contributed by atoms with van der Waals surface area (Å²) in [6, 6.07) is 13.8. The molecule has 30 heavy (non-hydrogen) atoms. The minimum Gasteiger partial charge on any atom is -0.0806 e. The Labute approximate surface area is 184 Å². The topological polar surface area (TPSA) is 0 Å². The molecule has 3 aliphatic rings. The molecule has 0 spiro atoms. The molecule has 0 amide bonds. The summed E-state index contributed by atoms with van der Waals surface area (Å²) in [4.78, 5) is 0. The summed E-state index contributed by atoms with van der Waals surface area (Å²) >= 11 is 0. The van der Waals surface area contributed by atoms with Crippen LogP contribution in [0, 0.1) is 0 Å². The van der Waals surface area contributed by atoms with E-state index in [1.165, 1.54) is 24.8 Å². The van der Waals surface area contributed by atoms with Gasteiger partial charge in [0.1, 0.15) is 0 Å².